The Labute approximate surface area is 112 Å². The van der Waals surface area contributed by atoms with Gasteiger partial charge in [-0.2, -0.15) is 0 Å². The lowest BCUT2D eigenvalue weighted by atomic mass is 10.1. The summed E-state index contributed by atoms with van der Waals surface area (Å²) in [4.78, 5) is 22.4. The smallest absolute Gasteiger partial charge is 0.295 e. The van der Waals surface area contributed by atoms with Crippen LogP contribution < -0.4 is 0 Å². The lowest BCUT2D eigenvalue weighted by Crippen LogP contribution is -2.40. The third-order valence-electron chi connectivity index (χ3n) is 2.05. The molecule has 0 bridgehead atoms. The fourth-order valence-electron chi connectivity index (χ4n) is 1.36. The molecule has 1 aromatic carbocycles. The number of Topliss-reactive ketones (excluding diaryl/α,β-unsaturated/α-hetero) is 2. The molecule has 4 nitrogen and oxygen atoms in total. The van der Waals surface area contributed by atoms with E-state index < -0.39 is 21.6 Å². The molecular formula is C10H7Cl3O4. The van der Waals surface area contributed by atoms with Gasteiger partial charge in [0.2, 0.25) is 11.6 Å². The highest BCUT2D eigenvalue weighted by Gasteiger charge is 2.50. The molecule has 0 amide bonds. The minimum atomic E-state index is -2.86. The molecule has 0 saturated carbocycles. The van der Waals surface area contributed by atoms with Crippen molar-refractivity contribution in [1.29, 1.82) is 0 Å². The van der Waals surface area contributed by atoms with Crippen molar-refractivity contribution in [3.8, 4) is 0 Å². The number of ketones is 2. The van der Waals surface area contributed by atoms with Gasteiger partial charge in [-0.05, 0) is 0 Å². The Morgan fingerprint density at radius 2 is 1.24 bits per heavy atom. The molecule has 0 aromatic heterocycles. The second kappa shape index (κ2) is 5.33. The average Bonchev–Trinajstić information content (AvgIpc) is 2.41. The van der Waals surface area contributed by atoms with E-state index in [0.29, 0.717) is 0 Å². The standard InChI is InChI=1S/C9H6O4.CHCl3/c10-7-5-3-1-2-4-6(5)8(11)9(7,12)13;2-1(3)4/h1-4,12-13H;1H. The Morgan fingerprint density at radius 1 is 0.941 bits per heavy atom. The van der Waals surface area contributed by atoms with Crippen molar-refractivity contribution in [2.45, 2.75) is 10.1 Å². The van der Waals surface area contributed by atoms with E-state index in [9.17, 15) is 9.59 Å². The second-order valence-electron chi connectivity index (χ2n) is 3.12. The van der Waals surface area contributed by atoms with Crippen molar-refractivity contribution in [3.05, 3.63) is 35.4 Å². The van der Waals surface area contributed by atoms with Crippen LogP contribution in [-0.2, 0) is 0 Å². The largest absolute Gasteiger partial charge is 0.353 e. The minimum absolute atomic E-state index is 0.0671. The maximum Gasteiger partial charge on any atom is 0.295 e. The Morgan fingerprint density at radius 3 is 1.53 bits per heavy atom. The van der Waals surface area contributed by atoms with Gasteiger partial charge in [-0.1, -0.05) is 59.1 Å². The Balaban J connectivity index is 0.000000317. The molecule has 0 fully saturated rings. The zero-order valence-corrected chi connectivity index (χ0v) is 10.5. The first-order chi connectivity index (χ1) is 7.78. The normalized spacial score (nSPS) is 16.6. The molecule has 0 heterocycles. The van der Waals surface area contributed by atoms with Crippen LogP contribution in [0.4, 0.5) is 0 Å². The predicted molar refractivity (Wildman–Crippen MR) is 63.6 cm³/mol. The molecule has 1 aliphatic carbocycles. The van der Waals surface area contributed by atoms with Gasteiger partial charge in [-0.3, -0.25) is 9.59 Å². The number of alkyl halides is 3. The van der Waals surface area contributed by atoms with Gasteiger partial charge in [-0.25, -0.2) is 0 Å². The summed E-state index contributed by atoms with van der Waals surface area (Å²) in [5.41, 5.74) is 0.134. The number of hydrogen-bond acceptors (Lipinski definition) is 4. The predicted octanol–water partition coefficient (Wildman–Crippen LogP) is 1.73. The van der Waals surface area contributed by atoms with Crippen molar-refractivity contribution >= 4 is 46.4 Å². The van der Waals surface area contributed by atoms with Crippen LogP contribution in [0.15, 0.2) is 24.3 Å². The summed E-state index contributed by atoms with van der Waals surface area (Å²) in [6.45, 7) is 0. The third-order valence-corrected chi connectivity index (χ3v) is 2.05. The van der Waals surface area contributed by atoms with Crippen LogP contribution >= 0.6 is 34.8 Å². The lowest BCUT2D eigenvalue weighted by Gasteiger charge is -2.08. The zero-order chi connectivity index (χ0) is 13.2. The molecule has 0 unspecified atom stereocenters. The molecule has 0 saturated heterocycles. The van der Waals surface area contributed by atoms with E-state index in [-0.39, 0.29) is 11.1 Å². The van der Waals surface area contributed by atoms with Crippen molar-refractivity contribution in [2.75, 3.05) is 0 Å². The zero-order valence-electron chi connectivity index (χ0n) is 8.23. The van der Waals surface area contributed by atoms with Gasteiger partial charge >= 0.3 is 0 Å². The van der Waals surface area contributed by atoms with Gasteiger partial charge in [0.25, 0.3) is 5.79 Å². The molecular weight excluding hydrogens is 290 g/mol. The highest BCUT2D eigenvalue weighted by atomic mass is 35.6. The number of carbonyl (C=O) groups is 2. The van der Waals surface area contributed by atoms with Crippen LogP contribution in [0.3, 0.4) is 0 Å². The molecule has 0 atom stereocenters. The fraction of sp³-hybridized carbons (Fsp3) is 0.200. The molecule has 1 aromatic rings. The van der Waals surface area contributed by atoms with Crippen LogP contribution in [0, 0.1) is 0 Å². The summed E-state index contributed by atoms with van der Waals surface area (Å²) >= 11 is 14.4. The Kier molecular flexibility index (Phi) is 4.52. The van der Waals surface area contributed by atoms with Crippen molar-refractivity contribution < 1.29 is 19.8 Å². The van der Waals surface area contributed by atoms with E-state index in [1.807, 2.05) is 0 Å². The Bertz CT molecular complexity index is 417. The van der Waals surface area contributed by atoms with E-state index in [1.54, 1.807) is 12.1 Å². The van der Waals surface area contributed by atoms with Gasteiger partial charge in [-0.15, -0.1) is 0 Å². The highest BCUT2D eigenvalue weighted by molar-refractivity contribution is 6.63. The van der Waals surface area contributed by atoms with E-state index in [4.69, 9.17) is 45.0 Å². The van der Waals surface area contributed by atoms with Crippen molar-refractivity contribution in [2.24, 2.45) is 0 Å². The van der Waals surface area contributed by atoms with Crippen LogP contribution in [0.2, 0.25) is 0 Å². The summed E-state index contributed by atoms with van der Waals surface area (Å²) in [5, 5.41) is 18.2. The van der Waals surface area contributed by atoms with Gasteiger partial charge in [0.05, 0.1) is 0 Å². The number of carbonyl (C=O) groups excluding carboxylic acids is 2. The molecule has 0 radical (unpaired) electrons. The summed E-state index contributed by atoms with van der Waals surface area (Å²) in [6, 6.07) is 5.91. The number of aliphatic hydroxyl groups is 2. The molecule has 17 heavy (non-hydrogen) atoms. The van der Waals surface area contributed by atoms with Crippen molar-refractivity contribution in [1.82, 2.24) is 0 Å². The van der Waals surface area contributed by atoms with Crippen LogP contribution in [0.5, 0.6) is 0 Å². The maximum atomic E-state index is 11.2. The number of rotatable bonds is 0. The summed E-state index contributed by atoms with van der Waals surface area (Å²) in [6.07, 6.45) is 0. The fourth-order valence-corrected chi connectivity index (χ4v) is 1.36. The molecule has 92 valence electrons. The Hall–Kier alpha value is -0.650. The van der Waals surface area contributed by atoms with E-state index in [0.717, 1.165) is 0 Å². The first-order valence-electron chi connectivity index (χ1n) is 4.34. The van der Waals surface area contributed by atoms with Gasteiger partial charge in [0.1, 0.15) is 0 Å². The number of hydrogen-bond donors (Lipinski definition) is 2. The van der Waals surface area contributed by atoms with Crippen LogP contribution in [0.25, 0.3) is 0 Å². The van der Waals surface area contributed by atoms with E-state index in [2.05, 4.69) is 0 Å². The summed E-state index contributed by atoms with van der Waals surface area (Å²) < 4.78 is -0.750. The average molecular weight is 298 g/mol. The first kappa shape index (κ1) is 14.4. The monoisotopic (exact) mass is 296 g/mol. The quantitative estimate of drug-likeness (QED) is 0.434. The molecule has 2 rings (SSSR count). The third kappa shape index (κ3) is 2.97. The topological polar surface area (TPSA) is 74.6 Å². The van der Waals surface area contributed by atoms with E-state index >= 15 is 0 Å². The number of fused-ring (bicyclic) bond motifs is 1. The first-order valence-corrected chi connectivity index (χ1v) is 5.65. The maximum absolute atomic E-state index is 11.2. The molecule has 7 heteroatoms. The lowest BCUT2D eigenvalue weighted by molar-refractivity contribution is -0.0857. The summed E-state index contributed by atoms with van der Waals surface area (Å²) in [5.74, 6) is -4.76. The SMILES string of the molecule is ClC(Cl)Cl.O=C1c2ccccc2C(=O)C1(O)O. The molecule has 2 N–H and O–H groups in total. The molecule has 0 spiro atoms. The van der Waals surface area contributed by atoms with Crippen LogP contribution in [-0.4, -0.2) is 31.9 Å². The van der Waals surface area contributed by atoms with Gasteiger partial charge < -0.3 is 10.2 Å². The van der Waals surface area contributed by atoms with Gasteiger partial charge in [0, 0.05) is 11.1 Å². The van der Waals surface area contributed by atoms with Crippen molar-refractivity contribution in [3.63, 3.8) is 0 Å². The number of benzene rings is 1. The second-order valence-corrected chi connectivity index (χ2v) is 5.10. The molecule has 1 aliphatic rings. The summed E-state index contributed by atoms with van der Waals surface area (Å²) in [7, 11) is 0. The minimum Gasteiger partial charge on any atom is -0.353 e. The van der Waals surface area contributed by atoms with Crippen LogP contribution in [0.1, 0.15) is 20.7 Å². The number of halogens is 3. The highest BCUT2D eigenvalue weighted by Crippen LogP contribution is 2.27. The van der Waals surface area contributed by atoms with Gasteiger partial charge in [0.15, 0.2) is 4.30 Å². The molecule has 0 aliphatic heterocycles. The van der Waals surface area contributed by atoms with E-state index in [1.165, 1.54) is 12.1 Å².